The van der Waals surface area contributed by atoms with E-state index in [0.717, 1.165) is 12.8 Å². The Kier molecular flexibility index (Phi) is 11.6. The maximum absolute atomic E-state index is 11.0. The van der Waals surface area contributed by atoms with E-state index in [0.29, 0.717) is 0 Å². The number of carboxylic acids is 2. The molecule has 0 bridgehead atoms. The minimum atomic E-state index is -1.06. The van der Waals surface area contributed by atoms with E-state index in [1.54, 1.807) is 6.92 Å². The number of carboxylic acid groups (broad SMARTS) is 2. The molecular formula is C17H30O4. The quantitative estimate of drug-likeness (QED) is 0.388. The van der Waals surface area contributed by atoms with E-state index in [2.05, 4.69) is 6.92 Å². The minimum Gasteiger partial charge on any atom is -0.481 e. The summed E-state index contributed by atoms with van der Waals surface area (Å²) < 4.78 is 0. The van der Waals surface area contributed by atoms with Crippen LogP contribution in [-0.2, 0) is 9.59 Å². The standard InChI is InChI=1S/C17H30O4/c1-3-4-5-6-7-8-9-10-11-12-14(2)15(17(20)21)13-16(18)19/h11-12,14-15H,3-10,13H2,1-2H3,(H,18,19)(H,20,21). The van der Waals surface area contributed by atoms with Gasteiger partial charge in [0.15, 0.2) is 0 Å². The molecule has 0 fully saturated rings. The Bertz CT molecular complexity index is 323. The number of hydrogen-bond donors (Lipinski definition) is 2. The van der Waals surface area contributed by atoms with Crippen molar-refractivity contribution in [1.29, 1.82) is 0 Å². The zero-order valence-electron chi connectivity index (χ0n) is 13.4. The molecule has 0 aliphatic carbocycles. The van der Waals surface area contributed by atoms with Crippen LogP contribution in [0.2, 0.25) is 0 Å². The second-order valence-electron chi connectivity index (χ2n) is 5.74. The highest BCUT2D eigenvalue weighted by molar-refractivity contribution is 5.78. The van der Waals surface area contributed by atoms with Gasteiger partial charge in [-0.2, -0.15) is 0 Å². The molecule has 0 aliphatic rings. The summed E-state index contributed by atoms with van der Waals surface area (Å²) in [6, 6.07) is 0. The number of unbranched alkanes of at least 4 members (excludes halogenated alkanes) is 7. The number of allylic oxidation sites excluding steroid dienone is 2. The van der Waals surface area contributed by atoms with E-state index < -0.39 is 17.9 Å². The lowest BCUT2D eigenvalue weighted by Gasteiger charge is -2.14. The second kappa shape index (κ2) is 12.4. The van der Waals surface area contributed by atoms with Gasteiger partial charge in [0.2, 0.25) is 0 Å². The Balaban J connectivity index is 3.84. The SMILES string of the molecule is CCCCCCCCCC=CC(C)C(CC(=O)O)C(=O)O. The molecule has 0 aliphatic heterocycles. The van der Waals surface area contributed by atoms with Crippen molar-refractivity contribution < 1.29 is 19.8 Å². The molecule has 2 atom stereocenters. The van der Waals surface area contributed by atoms with Gasteiger partial charge in [0.05, 0.1) is 12.3 Å². The normalized spacial score (nSPS) is 14.2. The summed E-state index contributed by atoms with van der Waals surface area (Å²) in [7, 11) is 0. The second-order valence-corrected chi connectivity index (χ2v) is 5.74. The molecule has 2 unspecified atom stereocenters. The van der Waals surface area contributed by atoms with Crippen LogP contribution in [0, 0.1) is 11.8 Å². The molecule has 2 N–H and O–H groups in total. The molecule has 0 saturated heterocycles. The summed E-state index contributed by atoms with van der Waals surface area (Å²) in [4.78, 5) is 21.7. The first-order valence-electron chi connectivity index (χ1n) is 8.10. The van der Waals surface area contributed by atoms with E-state index >= 15 is 0 Å². The van der Waals surface area contributed by atoms with E-state index in [1.807, 2.05) is 12.2 Å². The van der Waals surface area contributed by atoms with Crippen LogP contribution in [0.5, 0.6) is 0 Å². The van der Waals surface area contributed by atoms with Crippen LogP contribution in [-0.4, -0.2) is 22.2 Å². The Morgan fingerprint density at radius 3 is 2.10 bits per heavy atom. The van der Waals surface area contributed by atoms with Crippen LogP contribution in [0.4, 0.5) is 0 Å². The van der Waals surface area contributed by atoms with Gasteiger partial charge in [-0.25, -0.2) is 0 Å². The fourth-order valence-electron chi connectivity index (χ4n) is 2.35. The number of rotatable bonds is 13. The predicted molar refractivity (Wildman–Crippen MR) is 84.3 cm³/mol. The molecule has 0 amide bonds. The molecule has 4 nitrogen and oxygen atoms in total. The van der Waals surface area contributed by atoms with Gasteiger partial charge in [0.1, 0.15) is 0 Å². The zero-order valence-corrected chi connectivity index (χ0v) is 13.4. The first kappa shape index (κ1) is 19.7. The Morgan fingerprint density at radius 1 is 1.00 bits per heavy atom. The van der Waals surface area contributed by atoms with Gasteiger partial charge in [-0.1, -0.05) is 64.5 Å². The average molecular weight is 298 g/mol. The summed E-state index contributed by atoms with van der Waals surface area (Å²) in [6.45, 7) is 3.98. The van der Waals surface area contributed by atoms with Crippen molar-refractivity contribution in [2.75, 3.05) is 0 Å². The lowest BCUT2D eigenvalue weighted by Crippen LogP contribution is -2.23. The smallest absolute Gasteiger partial charge is 0.307 e. The van der Waals surface area contributed by atoms with E-state index in [-0.39, 0.29) is 12.3 Å². The van der Waals surface area contributed by atoms with Crippen LogP contribution in [0.1, 0.15) is 71.6 Å². The molecule has 0 saturated carbocycles. The maximum atomic E-state index is 11.0. The average Bonchev–Trinajstić information content (AvgIpc) is 2.42. The molecule has 0 heterocycles. The highest BCUT2D eigenvalue weighted by atomic mass is 16.4. The van der Waals surface area contributed by atoms with Crippen LogP contribution in [0.15, 0.2) is 12.2 Å². The van der Waals surface area contributed by atoms with Gasteiger partial charge < -0.3 is 10.2 Å². The largest absolute Gasteiger partial charge is 0.481 e. The highest BCUT2D eigenvalue weighted by Gasteiger charge is 2.25. The van der Waals surface area contributed by atoms with E-state index in [4.69, 9.17) is 10.2 Å². The van der Waals surface area contributed by atoms with Gasteiger partial charge in [-0.15, -0.1) is 0 Å². The minimum absolute atomic E-state index is 0.247. The summed E-state index contributed by atoms with van der Waals surface area (Å²) in [5.41, 5.74) is 0. The molecular weight excluding hydrogens is 268 g/mol. The van der Waals surface area contributed by atoms with Crippen LogP contribution < -0.4 is 0 Å². The Labute approximate surface area is 128 Å². The maximum Gasteiger partial charge on any atom is 0.307 e. The third-order valence-electron chi connectivity index (χ3n) is 3.76. The predicted octanol–water partition coefficient (Wildman–Crippen LogP) is 4.49. The van der Waals surface area contributed by atoms with Crippen molar-refractivity contribution in [2.24, 2.45) is 11.8 Å². The first-order chi connectivity index (χ1) is 9.99. The van der Waals surface area contributed by atoms with E-state index in [1.165, 1.54) is 38.5 Å². The topological polar surface area (TPSA) is 74.6 Å². The Morgan fingerprint density at radius 2 is 1.57 bits per heavy atom. The van der Waals surface area contributed by atoms with Crippen LogP contribution in [0.3, 0.4) is 0 Å². The van der Waals surface area contributed by atoms with Gasteiger partial charge in [-0.05, 0) is 18.8 Å². The summed E-state index contributed by atoms with van der Waals surface area (Å²) in [5.74, 6) is -3.18. The summed E-state index contributed by atoms with van der Waals surface area (Å²) in [5, 5.41) is 17.8. The van der Waals surface area contributed by atoms with Gasteiger partial charge in [0.25, 0.3) is 0 Å². The number of carbonyl (C=O) groups is 2. The van der Waals surface area contributed by atoms with Gasteiger partial charge >= 0.3 is 11.9 Å². The Hall–Kier alpha value is -1.32. The van der Waals surface area contributed by atoms with Crippen LogP contribution in [0.25, 0.3) is 0 Å². The fourth-order valence-corrected chi connectivity index (χ4v) is 2.35. The molecule has 0 aromatic heterocycles. The molecule has 122 valence electrons. The van der Waals surface area contributed by atoms with E-state index in [9.17, 15) is 9.59 Å². The molecule has 0 aromatic carbocycles. The number of hydrogen-bond acceptors (Lipinski definition) is 2. The third kappa shape index (κ3) is 11.1. The summed E-state index contributed by atoms with van der Waals surface area (Å²) in [6.07, 6.45) is 13.3. The molecule has 21 heavy (non-hydrogen) atoms. The van der Waals surface area contributed by atoms with Crippen molar-refractivity contribution in [2.45, 2.75) is 71.6 Å². The lowest BCUT2D eigenvalue weighted by atomic mass is 9.90. The molecule has 0 rings (SSSR count). The van der Waals surface area contributed by atoms with Crippen molar-refractivity contribution in [3.05, 3.63) is 12.2 Å². The van der Waals surface area contributed by atoms with Crippen molar-refractivity contribution >= 4 is 11.9 Å². The molecule has 0 radical (unpaired) electrons. The summed E-state index contributed by atoms with van der Waals surface area (Å²) >= 11 is 0. The molecule has 0 aromatic rings. The van der Waals surface area contributed by atoms with Crippen molar-refractivity contribution in [3.63, 3.8) is 0 Å². The van der Waals surface area contributed by atoms with Gasteiger partial charge in [0, 0.05) is 0 Å². The number of aliphatic carboxylic acids is 2. The monoisotopic (exact) mass is 298 g/mol. The molecule has 4 heteroatoms. The fraction of sp³-hybridized carbons (Fsp3) is 0.765. The third-order valence-corrected chi connectivity index (χ3v) is 3.76. The van der Waals surface area contributed by atoms with Gasteiger partial charge in [-0.3, -0.25) is 9.59 Å². The lowest BCUT2D eigenvalue weighted by molar-refractivity contribution is -0.149. The molecule has 0 spiro atoms. The van der Waals surface area contributed by atoms with Crippen molar-refractivity contribution in [1.82, 2.24) is 0 Å². The van der Waals surface area contributed by atoms with Crippen LogP contribution >= 0.6 is 0 Å². The first-order valence-corrected chi connectivity index (χ1v) is 8.10. The van der Waals surface area contributed by atoms with Crippen molar-refractivity contribution in [3.8, 4) is 0 Å². The highest BCUT2D eigenvalue weighted by Crippen LogP contribution is 2.18. The zero-order chi connectivity index (χ0) is 16.1.